The lowest BCUT2D eigenvalue weighted by atomic mass is 10.1. The Hall–Kier alpha value is -4.08. The van der Waals surface area contributed by atoms with E-state index in [0.717, 1.165) is 31.5 Å². The number of hydrogen-bond acceptors (Lipinski definition) is 8. The fraction of sp³-hybridized carbons (Fsp3) is 0.360. The van der Waals surface area contributed by atoms with Crippen LogP contribution < -0.4 is 25.1 Å². The number of hydrogen-bond donors (Lipinski definition) is 1. The summed E-state index contributed by atoms with van der Waals surface area (Å²) >= 11 is 0. The third-order valence-corrected chi connectivity index (χ3v) is 5.84. The van der Waals surface area contributed by atoms with Gasteiger partial charge < -0.3 is 24.3 Å². The predicted molar refractivity (Wildman–Crippen MR) is 129 cm³/mol. The minimum Gasteiger partial charge on any atom is -0.493 e. The van der Waals surface area contributed by atoms with Gasteiger partial charge in [-0.3, -0.25) is 14.2 Å². The molecule has 1 amide bonds. The maximum absolute atomic E-state index is 12.9. The Morgan fingerprint density at radius 2 is 1.74 bits per heavy atom. The SMILES string of the molecule is COc1cc(NC(=O)COC(=O)c2ccc3c(=O)n4c(nc3c2)CCCCC4)cc(OC)c1OC. The van der Waals surface area contributed by atoms with E-state index in [2.05, 4.69) is 10.3 Å². The standard InChI is InChI=1S/C25H27N3O7/c1-32-19-12-16(13-20(33-2)23(19)34-3)26-22(29)14-35-25(31)15-8-9-17-18(11-15)27-21-7-5-4-6-10-28(21)24(17)30/h8-9,11-13H,4-7,10,14H2,1-3H3,(H,26,29). The number of nitrogens with one attached hydrogen (secondary N) is 1. The number of rotatable bonds is 7. The Bertz CT molecular complexity index is 1310. The molecule has 1 aromatic heterocycles. The van der Waals surface area contributed by atoms with Gasteiger partial charge in [-0.15, -0.1) is 0 Å². The van der Waals surface area contributed by atoms with Crippen LogP contribution in [0.1, 0.15) is 35.4 Å². The zero-order valence-electron chi connectivity index (χ0n) is 19.9. The molecule has 0 bridgehead atoms. The second-order valence-electron chi connectivity index (χ2n) is 8.07. The van der Waals surface area contributed by atoms with Crippen molar-refractivity contribution in [2.45, 2.75) is 32.2 Å². The number of benzene rings is 2. The highest BCUT2D eigenvalue weighted by atomic mass is 16.5. The molecule has 1 aliphatic heterocycles. The molecule has 3 aromatic rings. The molecule has 0 aliphatic carbocycles. The number of fused-ring (bicyclic) bond motifs is 2. The van der Waals surface area contributed by atoms with E-state index in [0.29, 0.717) is 40.4 Å². The van der Waals surface area contributed by atoms with Gasteiger partial charge in [-0.25, -0.2) is 9.78 Å². The molecule has 0 saturated carbocycles. The van der Waals surface area contributed by atoms with Crippen LogP contribution in [0.15, 0.2) is 35.1 Å². The first-order chi connectivity index (χ1) is 16.9. The lowest BCUT2D eigenvalue weighted by molar-refractivity contribution is -0.119. The first-order valence-corrected chi connectivity index (χ1v) is 11.3. The number of carbonyl (C=O) groups is 2. The number of nitrogens with zero attached hydrogens (tertiary/aromatic N) is 2. The first kappa shape index (κ1) is 24.1. The van der Waals surface area contributed by atoms with Crippen LogP contribution in [0.5, 0.6) is 17.2 Å². The highest BCUT2D eigenvalue weighted by Gasteiger charge is 2.18. The number of anilines is 1. The number of amides is 1. The minimum atomic E-state index is -0.691. The van der Waals surface area contributed by atoms with Crippen LogP contribution in [0, 0.1) is 0 Å². The summed E-state index contributed by atoms with van der Waals surface area (Å²) in [5, 5.41) is 3.09. The highest BCUT2D eigenvalue weighted by molar-refractivity contribution is 5.97. The van der Waals surface area contributed by atoms with Crippen molar-refractivity contribution in [2.24, 2.45) is 0 Å². The summed E-state index contributed by atoms with van der Waals surface area (Å²) in [4.78, 5) is 42.5. The predicted octanol–water partition coefficient (Wildman–Crippen LogP) is 2.94. The van der Waals surface area contributed by atoms with Gasteiger partial charge >= 0.3 is 5.97 Å². The molecule has 10 nitrogen and oxygen atoms in total. The van der Waals surface area contributed by atoms with E-state index in [1.165, 1.54) is 33.5 Å². The van der Waals surface area contributed by atoms with Crippen LogP contribution in [-0.4, -0.2) is 49.4 Å². The molecule has 0 unspecified atom stereocenters. The van der Waals surface area contributed by atoms with Gasteiger partial charge in [0.1, 0.15) is 5.82 Å². The zero-order valence-corrected chi connectivity index (χ0v) is 19.9. The van der Waals surface area contributed by atoms with Gasteiger partial charge in [0, 0.05) is 30.8 Å². The molecule has 2 heterocycles. The summed E-state index contributed by atoms with van der Waals surface area (Å²) in [6, 6.07) is 7.75. The van der Waals surface area contributed by atoms with E-state index in [1.807, 2.05) is 0 Å². The normalized spacial score (nSPS) is 12.9. The van der Waals surface area contributed by atoms with E-state index in [-0.39, 0.29) is 11.1 Å². The van der Waals surface area contributed by atoms with E-state index in [4.69, 9.17) is 18.9 Å². The zero-order chi connectivity index (χ0) is 24.9. The third-order valence-electron chi connectivity index (χ3n) is 5.84. The van der Waals surface area contributed by atoms with Gasteiger partial charge in [0.15, 0.2) is 18.1 Å². The van der Waals surface area contributed by atoms with Crippen LogP contribution in [0.25, 0.3) is 10.9 Å². The minimum absolute atomic E-state index is 0.100. The third kappa shape index (κ3) is 5.06. The molecule has 35 heavy (non-hydrogen) atoms. The quantitative estimate of drug-likeness (QED) is 0.512. The number of aromatic nitrogens is 2. The van der Waals surface area contributed by atoms with E-state index >= 15 is 0 Å². The molecule has 1 N–H and O–H groups in total. The van der Waals surface area contributed by atoms with Gasteiger partial charge in [0.2, 0.25) is 5.75 Å². The molecule has 10 heteroatoms. The second kappa shape index (κ2) is 10.5. The summed E-state index contributed by atoms with van der Waals surface area (Å²) in [6.07, 6.45) is 3.69. The molecule has 2 aromatic carbocycles. The van der Waals surface area contributed by atoms with Crippen LogP contribution >= 0.6 is 0 Å². The van der Waals surface area contributed by atoms with Crippen LogP contribution in [0.2, 0.25) is 0 Å². The Labute approximate surface area is 201 Å². The topological polar surface area (TPSA) is 118 Å². The first-order valence-electron chi connectivity index (χ1n) is 11.3. The molecular formula is C25H27N3O7. The molecular weight excluding hydrogens is 454 g/mol. The smallest absolute Gasteiger partial charge is 0.338 e. The molecule has 0 radical (unpaired) electrons. The molecule has 0 fully saturated rings. The van der Waals surface area contributed by atoms with E-state index in [1.54, 1.807) is 22.8 Å². The Kier molecular flexibility index (Phi) is 7.19. The molecule has 0 spiro atoms. The van der Waals surface area contributed by atoms with E-state index < -0.39 is 18.5 Å². The molecule has 1 aliphatic rings. The number of aryl methyl sites for hydroxylation is 1. The molecule has 184 valence electrons. The highest BCUT2D eigenvalue weighted by Crippen LogP contribution is 2.39. The fourth-order valence-electron chi connectivity index (χ4n) is 4.11. The van der Waals surface area contributed by atoms with Crippen molar-refractivity contribution in [3.8, 4) is 17.2 Å². The maximum Gasteiger partial charge on any atom is 0.338 e. The summed E-state index contributed by atoms with van der Waals surface area (Å²) < 4.78 is 22.7. The van der Waals surface area contributed by atoms with Gasteiger partial charge in [0.25, 0.3) is 11.5 Å². The van der Waals surface area contributed by atoms with Crippen molar-refractivity contribution in [2.75, 3.05) is 33.3 Å². The van der Waals surface area contributed by atoms with Gasteiger partial charge in [-0.05, 0) is 31.0 Å². The van der Waals surface area contributed by atoms with E-state index in [9.17, 15) is 14.4 Å². The number of ether oxygens (including phenoxy) is 4. The second-order valence-corrected chi connectivity index (χ2v) is 8.07. The van der Waals surface area contributed by atoms with Gasteiger partial charge in [0.05, 0.1) is 37.8 Å². The van der Waals surface area contributed by atoms with Gasteiger partial charge in [-0.2, -0.15) is 0 Å². The van der Waals surface area contributed by atoms with Crippen LogP contribution in [0.4, 0.5) is 5.69 Å². The van der Waals surface area contributed by atoms with Gasteiger partial charge in [-0.1, -0.05) is 6.42 Å². The van der Waals surface area contributed by atoms with Crippen molar-refractivity contribution < 1.29 is 28.5 Å². The number of methoxy groups -OCH3 is 3. The molecule has 4 rings (SSSR count). The summed E-state index contributed by atoms with van der Waals surface area (Å²) in [5.41, 5.74) is 0.941. The van der Waals surface area contributed by atoms with Crippen molar-refractivity contribution in [1.82, 2.24) is 9.55 Å². The summed E-state index contributed by atoms with van der Waals surface area (Å²) in [5.74, 6) is 0.628. The van der Waals surface area contributed by atoms with Crippen LogP contribution in [-0.2, 0) is 22.5 Å². The van der Waals surface area contributed by atoms with Crippen molar-refractivity contribution in [1.29, 1.82) is 0 Å². The van der Waals surface area contributed by atoms with Crippen molar-refractivity contribution in [3.05, 3.63) is 52.1 Å². The number of carbonyl (C=O) groups excluding carboxylic acids is 2. The average Bonchev–Trinajstić information content (AvgIpc) is 3.12. The monoisotopic (exact) mass is 481 g/mol. The lowest BCUT2D eigenvalue weighted by Gasteiger charge is -2.14. The Morgan fingerprint density at radius 1 is 1.00 bits per heavy atom. The largest absolute Gasteiger partial charge is 0.493 e. The summed E-state index contributed by atoms with van der Waals surface area (Å²) in [6.45, 7) is 0.149. The Balaban J connectivity index is 1.46. The van der Waals surface area contributed by atoms with Crippen LogP contribution in [0.3, 0.4) is 0 Å². The summed E-state index contributed by atoms with van der Waals surface area (Å²) in [7, 11) is 4.41. The van der Waals surface area contributed by atoms with Crippen molar-refractivity contribution >= 4 is 28.5 Å². The fourth-order valence-corrected chi connectivity index (χ4v) is 4.11. The average molecular weight is 482 g/mol. The van der Waals surface area contributed by atoms with Crippen molar-refractivity contribution in [3.63, 3.8) is 0 Å². The number of esters is 1. The lowest BCUT2D eigenvalue weighted by Crippen LogP contribution is -2.25. The molecule has 0 atom stereocenters. The maximum atomic E-state index is 12.9. The molecule has 0 saturated heterocycles. The Morgan fingerprint density at radius 3 is 2.43 bits per heavy atom.